The van der Waals surface area contributed by atoms with Crippen LogP contribution in [-0.4, -0.2) is 24.0 Å². The van der Waals surface area contributed by atoms with Gasteiger partial charge in [0.25, 0.3) is 0 Å². The summed E-state index contributed by atoms with van der Waals surface area (Å²) < 4.78 is 0. The molecule has 0 aliphatic heterocycles. The predicted molar refractivity (Wildman–Crippen MR) is 82.6 cm³/mol. The Balaban J connectivity index is 1.82. The van der Waals surface area contributed by atoms with Crippen LogP contribution < -0.4 is 5.32 Å². The van der Waals surface area contributed by atoms with Crippen LogP contribution in [0.4, 0.5) is 4.79 Å². The number of urea groups is 1. The molecule has 0 unspecified atom stereocenters. The van der Waals surface area contributed by atoms with Crippen LogP contribution in [-0.2, 0) is 6.54 Å². The summed E-state index contributed by atoms with van der Waals surface area (Å²) >= 11 is 0. The van der Waals surface area contributed by atoms with Gasteiger partial charge in [0.1, 0.15) is 0 Å². The molecule has 1 saturated carbocycles. The maximum Gasteiger partial charge on any atom is 0.317 e. The fourth-order valence-corrected chi connectivity index (χ4v) is 2.80. The molecule has 2 rings (SSSR count). The standard InChI is InChI=1S/C17H23N3O/c1-13-3-9-16(10-4-13)20(2)17(21)19-12-15-7-5-14(11-18)6-8-15/h5-8,13,16H,3-4,9-10,12H2,1-2H3,(H,19,21). The summed E-state index contributed by atoms with van der Waals surface area (Å²) in [5, 5.41) is 11.7. The van der Waals surface area contributed by atoms with Crippen LogP contribution in [0.5, 0.6) is 0 Å². The van der Waals surface area contributed by atoms with Crippen molar-refractivity contribution in [3.05, 3.63) is 35.4 Å². The van der Waals surface area contributed by atoms with Crippen LogP contribution in [0.2, 0.25) is 0 Å². The molecule has 1 aromatic carbocycles. The van der Waals surface area contributed by atoms with Gasteiger partial charge in [0.15, 0.2) is 0 Å². The highest BCUT2D eigenvalue weighted by atomic mass is 16.2. The molecule has 1 aliphatic rings. The molecule has 4 heteroatoms. The van der Waals surface area contributed by atoms with E-state index in [0.29, 0.717) is 18.2 Å². The molecule has 1 N–H and O–H groups in total. The van der Waals surface area contributed by atoms with Crippen molar-refractivity contribution < 1.29 is 4.79 Å². The second-order valence-electron chi connectivity index (χ2n) is 5.99. The van der Waals surface area contributed by atoms with Crippen LogP contribution in [0.1, 0.15) is 43.7 Å². The fraction of sp³-hybridized carbons (Fsp3) is 0.529. The normalized spacial score (nSPS) is 21.4. The number of hydrogen-bond donors (Lipinski definition) is 1. The van der Waals surface area contributed by atoms with E-state index in [1.165, 1.54) is 12.8 Å². The van der Waals surface area contributed by atoms with Crippen LogP contribution in [0, 0.1) is 17.2 Å². The molecular formula is C17H23N3O. The molecule has 4 nitrogen and oxygen atoms in total. The van der Waals surface area contributed by atoms with Gasteiger partial charge in [0, 0.05) is 19.6 Å². The van der Waals surface area contributed by atoms with Crippen LogP contribution in [0.15, 0.2) is 24.3 Å². The first-order chi connectivity index (χ1) is 10.1. The van der Waals surface area contributed by atoms with E-state index in [2.05, 4.69) is 18.3 Å². The summed E-state index contributed by atoms with van der Waals surface area (Å²) in [4.78, 5) is 14.0. The topological polar surface area (TPSA) is 56.1 Å². The first-order valence-electron chi connectivity index (χ1n) is 7.60. The van der Waals surface area contributed by atoms with Gasteiger partial charge in [0.2, 0.25) is 0 Å². The number of hydrogen-bond acceptors (Lipinski definition) is 2. The van der Waals surface area contributed by atoms with Gasteiger partial charge in [-0.15, -0.1) is 0 Å². The molecule has 0 aromatic heterocycles. The van der Waals surface area contributed by atoms with E-state index in [4.69, 9.17) is 5.26 Å². The Bertz CT molecular complexity index is 510. The molecule has 1 aromatic rings. The Morgan fingerprint density at radius 2 is 1.90 bits per heavy atom. The summed E-state index contributed by atoms with van der Waals surface area (Å²) in [6.45, 7) is 2.78. The average molecular weight is 285 g/mol. The zero-order valence-electron chi connectivity index (χ0n) is 12.8. The summed E-state index contributed by atoms with van der Waals surface area (Å²) in [6, 6.07) is 9.73. The second-order valence-corrected chi connectivity index (χ2v) is 5.99. The van der Waals surface area contributed by atoms with Crippen molar-refractivity contribution in [1.82, 2.24) is 10.2 Å². The first kappa shape index (κ1) is 15.4. The molecule has 0 atom stereocenters. The third kappa shape index (κ3) is 4.22. The SMILES string of the molecule is CC1CCC(N(C)C(=O)NCc2ccc(C#N)cc2)CC1. The molecule has 0 spiro atoms. The minimum atomic E-state index is -0.0149. The van der Waals surface area contributed by atoms with Gasteiger partial charge in [0.05, 0.1) is 11.6 Å². The molecule has 0 heterocycles. The highest BCUT2D eigenvalue weighted by Gasteiger charge is 2.24. The fourth-order valence-electron chi connectivity index (χ4n) is 2.80. The van der Waals surface area contributed by atoms with E-state index in [9.17, 15) is 4.79 Å². The van der Waals surface area contributed by atoms with Gasteiger partial charge < -0.3 is 10.2 Å². The predicted octanol–water partition coefficient (Wildman–Crippen LogP) is 3.28. The second kappa shape index (κ2) is 7.12. The van der Waals surface area contributed by atoms with E-state index in [-0.39, 0.29) is 6.03 Å². The number of nitrogens with zero attached hydrogens (tertiary/aromatic N) is 2. The van der Waals surface area contributed by atoms with Crippen LogP contribution in [0.25, 0.3) is 0 Å². The summed E-state index contributed by atoms with van der Waals surface area (Å²) in [7, 11) is 1.88. The molecule has 2 amide bonds. The number of benzene rings is 1. The number of nitriles is 1. The Kier molecular flexibility index (Phi) is 5.21. The van der Waals surface area contributed by atoms with E-state index in [0.717, 1.165) is 24.3 Å². The van der Waals surface area contributed by atoms with Crippen LogP contribution in [0.3, 0.4) is 0 Å². The lowest BCUT2D eigenvalue weighted by atomic mass is 9.87. The van der Waals surface area contributed by atoms with Gasteiger partial charge in [-0.2, -0.15) is 5.26 Å². The Labute approximate surface area is 126 Å². The maximum atomic E-state index is 12.2. The summed E-state index contributed by atoms with van der Waals surface area (Å²) in [6.07, 6.45) is 4.61. The molecule has 21 heavy (non-hydrogen) atoms. The summed E-state index contributed by atoms with van der Waals surface area (Å²) in [5.41, 5.74) is 1.64. The number of rotatable bonds is 3. The molecule has 1 aliphatic carbocycles. The van der Waals surface area contributed by atoms with Crippen molar-refractivity contribution in [3.8, 4) is 6.07 Å². The monoisotopic (exact) mass is 285 g/mol. The smallest absolute Gasteiger partial charge is 0.317 e. The number of nitrogens with one attached hydrogen (secondary N) is 1. The lowest BCUT2D eigenvalue weighted by Gasteiger charge is -2.33. The molecule has 1 fully saturated rings. The highest BCUT2D eigenvalue weighted by Crippen LogP contribution is 2.26. The minimum Gasteiger partial charge on any atom is -0.334 e. The highest BCUT2D eigenvalue weighted by molar-refractivity contribution is 5.74. The van der Waals surface area contributed by atoms with Gasteiger partial charge in [-0.05, 0) is 49.3 Å². The molecular weight excluding hydrogens is 262 g/mol. The van der Waals surface area contributed by atoms with Crippen LogP contribution >= 0.6 is 0 Å². The number of amides is 2. The number of carbonyl (C=O) groups is 1. The Hall–Kier alpha value is -2.02. The van der Waals surface area contributed by atoms with Crippen molar-refractivity contribution in [3.63, 3.8) is 0 Å². The maximum absolute atomic E-state index is 12.2. The zero-order chi connectivity index (χ0) is 15.2. The molecule has 0 radical (unpaired) electrons. The molecule has 112 valence electrons. The lowest BCUT2D eigenvalue weighted by molar-refractivity contribution is 0.163. The van der Waals surface area contributed by atoms with Crippen molar-refractivity contribution in [2.75, 3.05) is 7.05 Å². The van der Waals surface area contributed by atoms with Crippen molar-refractivity contribution in [1.29, 1.82) is 5.26 Å². The largest absolute Gasteiger partial charge is 0.334 e. The number of carbonyl (C=O) groups excluding carboxylic acids is 1. The Morgan fingerprint density at radius 1 is 1.29 bits per heavy atom. The van der Waals surface area contributed by atoms with Gasteiger partial charge in [-0.25, -0.2) is 4.79 Å². The van der Waals surface area contributed by atoms with Crippen molar-refractivity contribution in [2.45, 2.75) is 45.2 Å². The van der Waals surface area contributed by atoms with Gasteiger partial charge in [-0.1, -0.05) is 19.1 Å². The zero-order valence-corrected chi connectivity index (χ0v) is 12.8. The van der Waals surface area contributed by atoms with E-state index >= 15 is 0 Å². The third-order valence-electron chi connectivity index (χ3n) is 4.38. The third-order valence-corrected chi connectivity index (χ3v) is 4.38. The van der Waals surface area contributed by atoms with E-state index < -0.39 is 0 Å². The first-order valence-corrected chi connectivity index (χ1v) is 7.60. The molecule has 0 saturated heterocycles. The quantitative estimate of drug-likeness (QED) is 0.926. The van der Waals surface area contributed by atoms with Gasteiger partial charge >= 0.3 is 6.03 Å². The van der Waals surface area contributed by atoms with E-state index in [1.54, 1.807) is 12.1 Å². The van der Waals surface area contributed by atoms with E-state index in [1.807, 2.05) is 24.1 Å². The van der Waals surface area contributed by atoms with Gasteiger partial charge in [-0.3, -0.25) is 0 Å². The minimum absolute atomic E-state index is 0.0149. The van der Waals surface area contributed by atoms with Crippen molar-refractivity contribution >= 4 is 6.03 Å². The average Bonchev–Trinajstić information content (AvgIpc) is 2.53. The Morgan fingerprint density at radius 3 is 2.48 bits per heavy atom. The van der Waals surface area contributed by atoms with Crippen molar-refractivity contribution in [2.24, 2.45) is 5.92 Å². The lowest BCUT2D eigenvalue weighted by Crippen LogP contribution is -2.44. The molecule has 0 bridgehead atoms. The summed E-state index contributed by atoms with van der Waals surface area (Å²) in [5.74, 6) is 0.788.